The number of ether oxygens (including phenoxy) is 1. The van der Waals surface area contributed by atoms with Gasteiger partial charge in [-0.25, -0.2) is 4.39 Å². The van der Waals surface area contributed by atoms with Crippen molar-refractivity contribution in [1.82, 2.24) is 0 Å². The number of Topliss-reactive ketones (excluding diaryl/α,β-unsaturated/α-hetero) is 1. The molecule has 1 heterocycles. The van der Waals surface area contributed by atoms with Crippen molar-refractivity contribution in [2.45, 2.75) is 24.6 Å². The van der Waals surface area contributed by atoms with E-state index in [0.29, 0.717) is 12.1 Å². The van der Waals surface area contributed by atoms with E-state index < -0.39 is 28.9 Å². The van der Waals surface area contributed by atoms with Crippen LogP contribution in [0.2, 0.25) is 0 Å². The Bertz CT molecular complexity index is 522. The molecule has 0 aromatic heterocycles. The van der Waals surface area contributed by atoms with Gasteiger partial charge in [0.1, 0.15) is 5.82 Å². The summed E-state index contributed by atoms with van der Waals surface area (Å²) < 4.78 is 56.1. The average Bonchev–Trinajstić information content (AvgIpc) is 2.38. The highest BCUT2D eigenvalue weighted by Crippen LogP contribution is 2.33. The first-order valence-corrected chi connectivity index (χ1v) is 6.02. The molecular weight excluding hydrogens is 278 g/mol. The van der Waals surface area contributed by atoms with Crippen LogP contribution in [0.1, 0.15) is 28.8 Å². The van der Waals surface area contributed by atoms with Crippen molar-refractivity contribution in [3.63, 3.8) is 0 Å². The van der Waals surface area contributed by atoms with Gasteiger partial charge >= 0.3 is 6.18 Å². The van der Waals surface area contributed by atoms with E-state index in [4.69, 9.17) is 10.5 Å². The number of carbonyl (C=O) groups excluding carboxylic acids is 1. The standard InChI is InChI=1S/C13H13F4NO2/c14-10-2-1-8(7-9(10)13(15,16)17)11(19)12(18)3-5-20-6-4-12/h1-2,7H,3-6,18H2. The monoisotopic (exact) mass is 291 g/mol. The van der Waals surface area contributed by atoms with Crippen LogP contribution >= 0.6 is 0 Å². The number of rotatable bonds is 2. The third kappa shape index (κ3) is 2.83. The van der Waals surface area contributed by atoms with Crippen molar-refractivity contribution in [1.29, 1.82) is 0 Å². The Hall–Kier alpha value is -1.47. The Morgan fingerprint density at radius 1 is 1.25 bits per heavy atom. The van der Waals surface area contributed by atoms with E-state index in [1.807, 2.05) is 0 Å². The van der Waals surface area contributed by atoms with Crippen LogP contribution in [-0.4, -0.2) is 24.5 Å². The summed E-state index contributed by atoms with van der Waals surface area (Å²) in [5, 5.41) is 0. The third-order valence-electron chi connectivity index (χ3n) is 3.37. The molecule has 0 atom stereocenters. The first-order valence-electron chi connectivity index (χ1n) is 6.02. The summed E-state index contributed by atoms with van der Waals surface area (Å²) in [6.45, 7) is 0.547. The molecule has 1 saturated heterocycles. The number of benzene rings is 1. The molecule has 0 saturated carbocycles. The average molecular weight is 291 g/mol. The van der Waals surface area contributed by atoms with Crippen LogP contribution in [0.5, 0.6) is 0 Å². The molecule has 0 radical (unpaired) electrons. The Morgan fingerprint density at radius 3 is 2.40 bits per heavy atom. The highest BCUT2D eigenvalue weighted by molar-refractivity contribution is 6.03. The van der Waals surface area contributed by atoms with Gasteiger partial charge < -0.3 is 10.5 Å². The molecule has 1 aliphatic rings. The predicted octanol–water partition coefficient (Wildman–Crippen LogP) is 2.54. The molecule has 0 aliphatic carbocycles. The van der Waals surface area contributed by atoms with Crippen LogP contribution < -0.4 is 5.73 Å². The van der Waals surface area contributed by atoms with Crippen LogP contribution in [0.25, 0.3) is 0 Å². The second-order valence-corrected chi connectivity index (χ2v) is 4.79. The smallest absolute Gasteiger partial charge is 0.381 e. The largest absolute Gasteiger partial charge is 0.419 e. The topological polar surface area (TPSA) is 52.3 Å². The molecule has 1 aromatic rings. The van der Waals surface area contributed by atoms with Crippen LogP contribution in [0.15, 0.2) is 18.2 Å². The van der Waals surface area contributed by atoms with Crippen molar-refractivity contribution in [3.8, 4) is 0 Å². The van der Waals surface area contributed by atoms with E-state index in [9.17, 15) is 22.4 Å². The van der Waals surface area contributed by atoms with Crippen molar-refractivity contribution in [3.05, 3.63) is 35.1 Å². The van der Waals surface area contributed by atoms with E-state index >= 15 is 0 Å². The number of hydrogen-bond donors (Lipinski definition) is 1. The first-order chi connectivity index (χ1) is 9.24. The molecule has 2 N–H and O–H groups in total. The number of nitrogens with two attached hydrogens (primary N) is 1. The van der Waals surface area contributed by atoms with Gasteiger partial charge in [0, 0.05) is 18.8 Å². The Balaban J connectivity index is 2.36. The maximum absolute atomic E-state index is 13.2. The van der Waals surface area contributed by atoms with Gasteiger partial charge in [-0.15, -0.1) is 0 Å². The fourth-order valence-corrected chi connectivity index (χ4v) is 2.13. The molecule has 7 heteroatoms. The summed E-state index contributed by atoms with van der Waals surface area (Å²) in [6, 6.07) is 2.18. The molecule has 0 amide bonds. The van der Waals surface area contributed by atoms with Crippen LogP contribution in [0.3, 0.4) is 0 Å². The van der Waals surface area contributed by atoms with Gasteiger partial charge in [-0.1, -0.05) is 0 Å². The third-order valence-corrected chi connectivity index (χ3v) is 3.37. The SMILES string of the molecule is NC1(C(=O)c2ccc(F)c(C(F)(F)F)c2)CCOCC1. The van der Waals surface area contributed by atoms with E-state index in [2.05, 4.69) is 0 Å². The Kier molecular flexibility index (Phi) is 3.84. The zero-order chi connectivity index (χ0) is 15.0. The second-order valence-electron chi connectivity index (χ2n) is 4.79. The van der Waals surface area contributed by atoms with Crippen molar-refractivity contribution in [2.24, 2.45) is 5.73 Å². The summed E-state index contributed by atoms with van der Waals surface area (Å²) in [5.74, 6) is -2.03. The lowest BCUT2D eigenvalue weighted by Gasteiger charge is -2.32. The second kappa shape index (κ2) is 5.14. The number of ketones is 1. The molecule has 0 spiro atoms. The van der Waals surface area contributed by atoms with Crippen molar-refractivity contribution >= 4 is 5.78 Å². The van der Waals surface area contributed by atoms with E-state index in [1.54, 1.807) is 0 Å². The summed E-state index contributed by atoms with van der Waals surface area (Å²) in [6.07, 6.45) is -4.40. The van der Waals surface area contributed by atoms with Gasteiger partial charge in [0.15, 0.2) is 5.78 Å². The van der Waals surface area contributed by atoms with Gasteiger partial charge in [-0.3, -0.25) is 4.79 Å². The van der Waals surface area contributed by atoms with Gasteiger partial charge in [0.2, 0.25) is 0 Å². The number of hydrogen-bond acceptors (Lipinski definition) is 3. The lowest BCUT2D eigenvalue weighted by atomic mass is 9.83. The minimum absolute atomic E-state index is 0.227. The first kappa shape index (κ1) is 14.9. The minimum atomic E-state index is -4.85. The van der Waals surface area contributed by atoms with Crippen molar-refractivity contribution in [2.75, 3.05) is 13.2 Å². The van der Waals surface area contributed by atoms with Gasteiger partial charge in [0.05, 0.1) is 11.1 Å². The predicted molar refractivity (Wildman–Crippen MR) is 62.7 cm³/mol. The molecule has 20 heavy (non-hydrogen) atoms. The normalized spacial score (nSPS) is 18.9. The maximum atomic E-state index is 13.2. The number of halogens is 4. The zero-order valence-corrected chi connectivity index (χ0v) is 10.5. The fourth-order valence-electron chi connectivity index (χ4n) is 2.13. The van der Waals surface area contributed by atoms with E-state index in [-0.39, 0.29) is 31.6 Å². The van der Waals surface area contributed by atoms with Crippen LogP contribution in [-0.2, 0) is 10.9 Å². The molecule has 2 rings (SSSR count). The molecule has 1 aromatic carbocycles. The fraction of sp³-hybridized carbons (Fsp3) is 0.462. The molecule has 1 fully saturated rings. The summed E-state index contributed by atoms with van der Waals surface area (Å²) in [5.41, 5.74) is 2.98. The van der Waals surface area contributed by atoms with Gasteiger partial charge in [-0.2, -0.15) is 13.2 Å². The van der Waals surface area contributed by atoms with Crippen molar-refractivity contribution < 1.29 is 27.1 Å². The molecular formula is C13H13F4NO2. The van der Waals surface area contributed by atoms with Crippen LogP contribution in [0, 0.1) is 5.82 Å². The molecule has 1 aliphatic heterocycles. The number of carbonyl (C=O) groups is 1. The highest BCUT2D eigenvalue weighted by atomic mass is 19.4. The van der Waals surface area contributed by atoms with Gasteiger partial charge in [0.25, 0.3) is 0 Å². The Labute approximate surface area is 112 Å². The van der Waals surface area contributed by atoms with Gasteiger partial charge in [-0.05, 0) is 31.0 Å². The summed E-state index contributed by atoms with van der Waals surface area (Å²) in [7, 11) is 0. The lowest BCUT2D eigenvalue weighted by molar-refractivity contribution is -0.140. The number of alkyl halides is 3. The molecule has 3 nitrogen and oxygen atoms in total. The summed E-state index contributed by atoms with van der Waals surface area (Å²) >= 11 is 0. The zero-order valence-electron chi connectivity index (χ0n) is 10.5. The van der Waals surface area contributed by atoms with E-state index in [1.165, 1.54) is 0 Å². The minimum Gasteiger partial charge on any atom is -0.381 e. The molecule has 110 valence electrons. The van der Waals surface area contributed by atoms with E-state index in [0.717, 1.165) is 6.07 Å². The summed E-state index contributed by atoms with van der Waals surface area (Å²) in [4.78, 5) is 12.2. The maximum Gasteiger partial charge on any atom is 0.419 e. The Morgan fingerprint density at radius 2 is 1.85 bits per heavy atom. The quantitative estimate of drug-likeness (QED) is 0.673. The molecule has 0 unspecified atom stereocenters. The van der Waals surface area contributed by atoms with Crippen LogP contribution in [0.4, 0.5) is 17.6 Å². The highest BCUT2D eigenvalue weighted by Gasteiger charge is 2.39. The lowest BCUT2D eigenvalue weighted by Crippen LogP contribution is -2.52. The molecule has 0 bridgehead atoms.